The zero-order chi connectivity index (χ0) is 28.7. The molecule has 0 saturated carbocycles. The van der Waals surface area contributed by atoms with Crippen molar-refractivity contribution in [2.45, 2.75) is 160 Å². The average molecular weight is 563 g/mol. The first-order valence-electron chi connectivity index (χ1n) is 15.6. The lowest BCUT2D eigenvalue weighted by molar-refractivity contribution is -0.305. The summed E-state index contributed by atoms with van der Waals surface area (Å²) in [5, 5.41) is 39.4. The number of esters is 1. The standard InChI is InChI=1S/C30H58O9/c1-3-5-7-8-9-10-11-12-13-14-15-16-17-18-20-36-22-24(38-26(32)19-6-4-2)23-37-30-29(35)28(34)27(33)25(21-31)39-30/h24-25,27-31,33-35H,3-23H2,1-2H3. The normalized spacial score (nSPS) is 24.1. The van der Waals surface area contributed by atoms with Gasteiger partial charge in [0.25, 0.3) is 0 Å². The average Bonchev–Trinajstić information content (AvgIpc) is 2.93. The Morgan fingerprint density at radius 2 is 1.26 bits per heavy atom. The van der Waals surface area contributed by atoms with Crippen LogP contribution in [0.15, 0.2) is 0 Å². The summed E-state index contributed by atoms with van der Waals surface area (Å²) in [6.45, 7) is 4.30. The number of hydrogen-bond donors (Lipinski definition) is 4. The summed E-state index contributed by atoms with van der Waals surface area (Å²) in [6, 6.07) is 0. The minimum absolute atomic E-state index is 0.112. The molecule has 1 heterocycles. The molecule has 1 fully saturated rings. The van der Waals surface area contributed by atoms with Crippen LogP contribution in [0.3, 0.4) is 0 Å². The van der Waals surface area contributed by atoms with Gasteiger partial charge < -0.3 is 39.4 Å². The maximum absolute atomic E-state index is 12.2. The molecule has 0 aromatic carbocycles. The molecule has 0 spiro atoms. The first-order chi connectivity index (χ1) is 18.9. The van der Waals surface area contributed by atoms with Gasteiger partial charge in [0, 0.05) is 13.0 Å². The SMILES string of the molecule is CCCCCCCCCCCCCCCCOCC(COC1OC(CO)C(O)C(O)C1O)OC(=O)CCCC. The van der Waals surface area contributed by atoms with Crippen molar-refractivity contribution in [2.24, 2.45) is 0 Å². The Kier molecular flexibility index (Phi) is 22.1. The Balaban J connectivity index is 2.22. The van der Waals surface area contributed by atoms with Crippen LogP contribution in [0.25, 0.3) is 0 Å². The summed E-state index contributed by atoms with van der Waals surface area (Å²) in [7, 11) is 0. The van der Waals surface area contributed by atoms with Gasteiger partial charge in [-0.3, -0.25) is 4.79 Å². The Morgan fingerprint density at radius 3 is 1.79 bits per heavy atom. The first kappa shape index (κ1) is 36.2. The highest BCUT2D eigenvalue weighted by Crippen LogP contribution is 2.22. The van der Waals surface area contributed by atoms with E-state index in [2.05, 4.69) is 6.92 Å². The molecule has 1 aliphatic rings. The molecule has 1 rings (SSSR count). The van der Waals surface area contributed by atoms with Crippen LogP contribution >= 0.6 is 0 Å². The molecule has 4 N–H and O–H groups in total. The van der Waals surface area contributed by atoms with Crippen molar-refractivity contribution in [3.63, 3.8) is 0 Å². The number of hydrogen-bond acceptors (Lipinski definition) is 9. The summed E-state index contributed by atoms with van der Waals surface area (Å²) in [5.41, 5.74) is 0. The predicted octanol–water partition coefficient (Wildman–Crippen LogP) is 4.40. The molecule has 1 aliphatic heterocycles. The van der Waals surface area contributed by atoms with E-state index in [1.165, 1.54) is 77.0 Å². The van der Waals surface area contributed by atoms with Crippen molar-refractivity contribution in [1.82, 2.24) is 0 Å². The van der Waals surface area contributed by atoms with Crippen LogP contribution in [-0.2, 0) is 23.7 Å². The molecule has 0 amide bonds. The third kappa shape index (κ3) is 16.9. The van der Waals surface area contributed by atoms with Gasteiger partial charge in [0.1, 0.15) is 30.5 Å². The second kappa shape index (κ2) is 23.9. The van der Waals surface area contributed by atoms with Gasteiger partial charge in [-0.25, -0.2) is 0 Å². The van der Waals surface area contributed by atoms with Crippen molar-refractivity contribution in [2.75, 3.05) is 26.4 Å². The van der Waals surface area contributed by atoms with Crippen LogP contribution < -0.4 is 0 Å². The van der Waals surface area contributed by atoms with Crippen molar-refractivity contribution in [3.8, 4) is 0 Å². The zero-order valence-electron chi connectivity index (χ0n) is 24.6. The molecule has 1 saturated heterocycles. The van der Waals surface area contributed by atoms with Gasteiger partial charge in [-0.1, -0.05) is 104 Å². The Labute approximate surface area is 236 Å². The topological polar surface area (TPSA) is 135 Å². The molecule has 0 aromatic rings. The van der Waals surface area contributed by atoms with Crippen LogP contribution in [0.4, 0.5) is 0 Å². The van der Waals surface area contributed by atoms with Gasteiger partial charge in [0.2, 0.25) is 0 Å². The highest BCUT2D eigenvalue weighted by molar-refractivity contribution is 5.69. The summed E-state index contributed by atoms with van der Waals surface area (Å²) >= 11 is 0. The van der Waals surface area contributed by atoms with E-state index >= 15 is 0 Å². The van der Waals surface area contributed by atoms with E-state index in [0.717, 1.165) is 25.7 Å². The molecule has 9 heteroatoms. The molecule has 0 radical (unpaired) electrons. The summed E-state index contributed by atoms with van der Waals surface area (Å²) < 4.78 is 22.2. The summed E-state index contributed by atoms with van der Waals surface area (Å²) in [5.74, 6) is -0.348. The highest BCUT2D eigenvalue weighted by Gasteiger charge is 2.44. The van der Waals surface area contributed by atoms with E-state index in [9.17, 15) is 25.2 Å². The molecule has 232 valence electrons. The van der Waals surface area contributed by atoms with Gasteiger partial charge in [-0.2, -0.15) is 0 Å². The molecule has 39 heavy (non-hydrogen) atoms. The van der Waals surface area contributed by atoms with Crippen LogP contribution in [0, 0.1) is 0 Å². The summed E-state index contributed by atoms with van der Waals surface area (Å²) in [6.07, 6.45) is 12.4. The van der Waals surface area contributed by atoms with Gasteiger partial charge in [-0.15, -0.1) is 0 Å². The fourth-order valence-corrected chi connectivity index (χ4v) is 4.70. The lowest BCUT2D eigenvalue weighted by Gasteiger charge is -2.39. The van der Waals surface area contributed by atoms with E-state index in [0.29, 0.717) is 13.0 Å². The number of unbranched alkanes of at least 4 members (excludes halogenated alkanes) is 14. The predicted molar refractivity (Wildman–Crippen MR) is 150 cm³/mol. The minimum atomic E-state index is -1.52. The van der Waals surface area contributed by atoms with Crippen LogP contribution in [0.5, 0.6) is 0 Å². The van der Waals surface area contributed by atoms with Crippen LogP contribution in [0.1, 0.15) is 123 Å². The number of ether oxygens (including phenoxy) is 4. The van der Waals surface area contributed by atoms with Gasteiger partial charge in [-0.05, 0) is 12.8 Å². The zero-order valence-corrected chi connectivity index (χ0v) is 24.6. The number of carbonyl (C=O) groups is 1. The second-order valence-electron chi connectivity index (χ2n) is 10.9. The molecular weight excluding hydrogens is 504 g/mol. The second-order valence-corrected chi connectivity index (χ2v) is 10.9. The van der Waals surface area contributed by atoms with Gasteiger partial charge >= 0.3 is 5.97 Å². The Hall–Kier alpha value is -0.810. The van der Waals surface area contributed by atoms with E-state index in [-0.39, 0.29) is 19.2 Å². The maximum Gasteiger partial charge on any atom is 0.306 e. The van der Waals surface area contributed by atoms with E-state index < -0.39 is 43.4 Å². The molecule has 9 nitrogen and oxygen atoms in total. The molecule has 0 bridgehead atoms. The lowest BCUT2D eigenvalue weighted by Crippen LogP contribution is -2.59. The monoisotopic (exact) mass is 562 g/mol. The van der Waals surface area contributed by atoms with E-state index in [4.69, 9.17) is 18.9 Å². The van der Waals surface area contributed by atoms with Crippen molar-refractivity contribution in [1.29, 1.82) is 0 Å². The fraction of sp³-hybridized carbons (Fsp3) is 0.967. The quantitative estimate of drug-likeness (QED) is 0.0943. The van der Waals surface area contributed by atoms with E-state index in [1.807, 2.05) is 6.92 Å². The smallest absolute Gasteiger partial charge is 0.306 e. The maximum atomic E-state index is 12.2. The number of aliphatic hydroxyl groups excluding tert-OH is 4. The number of rotatable bonds is 25. The first-order valence-corrected chi connectivity index (χ1v) is 15.6. The Morgan fingerprint density at radius 1 is 0.718 bits per heavy atom. The third-order valence-corrected chi connectivity index (χ3v) is 7.27. The van der Waals surface area contributed by atoms with Crippen molar-refractivity contribution < 1.29 is 44.2 Å². The number of aliphatic hydroxyl groups is 4. The molecule has 0 aliphatic carbocycles. The van der Waals surface area contributed by atoms with Crippen molar-refractivity contribution >= 4 is 5.97 Å². The lowest BCUT2D eigenvalue weighted by atomic mass is 9.99. The highest BCUT2D eigenvalue weighted by atomic mass is 16.7. The van der Waals surface area contributed by atoms with Gasteiger partial charge in [0.15, 0.2) is 6.29 Å². The largest absolute Gasteiger partial charge is 0.457 e. The van der Waals surface area contributed by atoms with Crippen LogP contribution in [-0.4, -0.2) is 89.6 Å². The molecular formula is C30H58O9. The molecule has 0 aromatic heterocycles. The number of carbonyl (C=O) groups excluding carboxylic acids is 1. The molecule has 6 atom stereocenters. The van der Waals surface area contributed by atoms with E-state index in [1.54, 1.807) is 0 Å². The third-order valence-electron chi connectivity index (χ3n) is 7.27. The van der Waals surface area contributed by atoms with Crippen molar-refractivity contribution in [3.05, 3.63) is 0 Å². The minimum Gasteiger partial charge on any atom is -0.457 e. The fourth-order valence-electron chi connectivity index (χ4n) is 4.70. The van der Waals surface area contributed by atoms with Crippen LogP contribution in [0.2, 0.25) is 0 Å². The van der Waals surface area contributed by atoms with Gasteiger partial charge in [0.05, 0.1) is 19.8 Å². The Bertz CT molecular complexity index is 575. The summed E-state index contributed by atoms with van der Waals surface area (Å²) in [4.78, 5) is 12.2. The molecule has 6 unspecified atom stereocenters.